The lowest BCUT2D eigenvalue weighted by molar-refractivity contribution is -0.0260. The van der Waals surface area contributed by atoms with Crippen LogP contribution in [0.4, 0.5) is 14.5 Å². The number of nitrogens with zero attached hydrogens (tertiary/aromatic N) is 5. The second-order valence-corrected chi connectivity index (χ2v) is 10.4. The number of β-amino-alcohol motifs (C(OH)–C–C–N with tert-alkyl or cyclic N) is 1. The van der Waals surface area contributed by atoms with E-state index in [2.05, 4.69) is 25.2 Å². The minimum absolute atomic E-state index is 0.0141. The number of aromatic nitrogens is 3. The van der Waals surface area contributed by atoms with Crippen LogP contribution in [0.25, 0.3) is 0 Å². The van der Waals surface area contributed by atoms with Crippen LogP contribution in [0.3, 0.4) is 0 Å². The van der Waals surface area contributed by atoms with Crippen LogP contribution in [0.1, 0.15) is 31.2 Å². The summed E-state index contributed by atoms with van der Waals surface area (Å²) < 4.78 is 35.6. The Morgan fingerprint density at radius 3 is 2.42 bits per heavy atom. The van der Waals surface area contributed by atoms with Gasteiger partial charge in [-0.15, -0.1) is 0 Å². The van der Waals surface area contributed by atoms with Crippen molar-refractivity contribution in [3.63, 3.8) is 0 Å². The third kappa shape index (κ3) is 6.86. The minimum atomic E-state index is -1.59. The minimum Gasteiger partial charge on any atom is -0.492 e. The molecule has 204 valence electrons. The highest BCUT2D eigenvalue weighted by Crippen LogP contribution is 2.29. The normalized spacial score (nSPS) is 18.9. The van der Waals surface area contributed by atoms with Crippen LogP contribution in [0.5, 0.6) is 5.75 Å². The summed E-state index contributed by atoms with van der Waals surface area (Å²) in [4.78, 5) is 8.48. The number of piperidine rings is 1. The Morgan fingerprint density at radius 1 is 0.974 bits per heavy atom. The fraction of sp³-hybridized carbons (Fsp3) is 0.500. The number of nitrogens with one attached hydrogen (secondary N) is 1. The molecule has 1 atom stereocenters. The Balaban J connectivity index is 1.13. The summed E-state index contributed by atoms with van der Waals surface area (Å²) in [7, 11) is 0. The Bertz CT molecular complexity index is 1150. The van der Waals surface area contributed by atoms with Crippen molar-refractivity contribution in [3.8, 4) is 5.75 Å². The molecule has 2 fully saturated rings. The third-order valence-corrected chi connectivity index (χ3v) is 7.50. The Hall–Kier alpha value is -3.08. The lowest BCUT2D eigenvalue weighted by atomic mass is 9.91. The SMILES string of the molecule is OC(CN1CCC(Nc2ccc(OCCN3CCCC3)cc2)CC1)(Cn1cncn1)c1ccc(F)cc1F. The maximum atomic E-state index is 14.7. The lowest BCUT2D eigenvalue weighted by Crippen LogP contribution is -2.48. The second kappa shape index (κ2) is 12.2. The quantitative estimate of drug-likeness (QED) is 0.396. The van der Waals surface area contributed by atoms with Crippen LogP contribution >= 0.6 is 0 Å². The first-order valence-corrected chi connectivity index (χ1v) is 13.4. The number of halogens is 2. The molecule has 1 aromatic heterocycles. The molecular weight excluding hydrogens is 490 g/mol. The van der Waals surface area contributed by atoms with Gasteiger partial charge in [-0.1, -0.05) is 6.07 Å². The first-order valence-electron chi connectivity index (χ1n) is 13.4. The van der Waals surface area contributed by atoms with E-state index in [1.807, 2.05) is 24.3 Å². The van der Waals surface area contributed by atoms with Gasteiger partial charge < -0.3 is 15.2 Å². The largest absolute Gasteiger partial charge is 0.492 e. The van der Waals surface area contributed by atoms with E-state index in [1.165, 1.54) is 55.4 Å². The second-order valence-electron chi connectivity index (χ2n) is 10.4. The first kappa shape index (κ1) is 26.5. The Morgan fingerprint density at radius 2 is 1.74 bits per heavy atom. The van der Waals surface area contributed by atoms with Gasteiger partial charge in [0.2, 0.25) is 0 Å². The van der Waals surface area contributed by atoms with E-state index in [4.69, 9.17) is 4.74 Å². The van der Waals surface area contributed by atoms with Crippen molar-refractivity contribution >= 4 is 5.69 Å². The fourth-order valence-corrected chi connectivity index (χ4v) is 5.46. The summed E-state index contributed by atoms with van der Waals surface area (Å²) in [5.41, 5.74) is -0.486. The van der Waals surface area contributed by atoms with E-state index < -0.39 is 17.2 Å². The average molecular weight is 527 g/mol. The Kier molecular flexibility index (Phi) is 8.51. The molecule has 2 aliphatic heterocycles. The average Bonchev–Trinajstić information content (AvgIpc) is 3.61. The molecule has 2 aliphatic rings. The molecule has 38 heavy (non-hydrogen) atoms. The summed E-state index contributed by atoms with van der Waals surface area (Å²) in [5, 5.41) is 19.3. The highest BCUT2D eigenvalue weighted by Gasteiger charge is 2.36. The molecule has 0 aliphatic carbocycles. The fourth-order valence-electron chi connectivity index (χ4n) is 5.46. The predicted molar refractivity (Wildman–Crippen MR) is 141 cm³/mol. The van der Waals surface area contributed by atoms with Crippen LogP contribution in [0, 0.1) is 11.6 Å². The van der Waals surface area contributed by atoms with E-state index in [9.17, 15) is 13.9 Å². The van der Waals surface area contributed by atoms with Crippen LogP contribution in [-0.2, 0) is 12.1 Å². The topological polar surface area (TPSA) is 78.7 Å². The number of ether oxygens (including phenoxy) is 1. The number of rotatable bonds is 11. The molecule has 3 heterocycles. The molecule has 1 unspecified atom stereocenters. The number of hydrogen-bond acceptors (Lipinski definition) is 7. The number of anilines is 1. The lowest BCUT2D eigenvalue weighted by Gasteiger charge is -2.38. The van der Waals surface area contributed by atoms with Gasteiger partial charge in [0.15, 0.2) is 0 Å². The van der Waals surface area contributed by atoms with Gasteiger partial charge in [-0.05, 0) is 69.1 Å². The van der Waals surface area contributed by atoms with E-state index >= 15 is 0 Å². The molecule has 2 saturated heterocycles. The van der Waals surface area contributed by atoms with Crippen molar-refractivity contribution < 1.29 is 18.6 Å². The van der Waals surface area contributed by atoms with Gasteiger partial charge in [0.1, 0.15) is 42.2 Å². The number of benzene rings is 2. The van der Waals surface area contributed by atoms with Gasteiger partial charge in [0.25, 0.3) is 0 Å². The van der Waals surface area contributed by atoms with E-state index in [-0.39, 0.29) is 18.7 Å². The summed E-state index contributed by atoms with van der Waals surface area (Å²) in [6.45, 7) is 5.71. The van der Waals surface area contributed by atoms with Crippen molar-refractivity contribution in [1.82, 2.24) is 24.6 Å². The van der Waals surface area contributed by atoms with Crippen LogP contribution < -0.4 is 10.1 Å². The van der Waals surface area contributed by atoms with Crippen molar-refractivity contribution in [3.05, 3.63) is 72.3 Å². The number of aliphatic hydroxyl groups is 1. The summed E-state index contributed by atoms with van der Waals surface area (Å²) in [5.74, 6) is -0.570. The van der Waals surface area contributed by atoms with Crippen LogP contribution in [0.15, 0.2) is 55.1 Å². The summed E-state index contributed by atoms with van der Waals surface area (Å²) >= 11 is 0. The van der Waals surface area contributed by atoms with Gasteiger partial charge in [0, 0.05) is 49.5 Å². The molecular formula is C28H36F2N6O2. The molecule has 0 amide bonds. The highest BCUT2D eigenvalue weighted by atomic mass is 19.1. The molecule has 0 radical (unpaired) electrons. The highest BCUT2D eigenvalue weighted by molar-refractivity contribution is 5.47. The van der Waals surface area contributed by atoms with Crippen LogP contribution in [-0.4, -0.2) is 81.6 Å². The molecule has 10 heteroatoms. The maximum Gasteiger partial charge on any atom is 0.137 e. The molecule has 5 rings (SSSR count). The predicted octanol–water partition coefficient (Wildman–Crippen LogP) is 3.50. The summed E-state index contributed by atoms with van der Waals surface area (Å²) in [6.07, 6.45) is 7.17. The molecule has 0 saturated carbocycles. The van der Waals surface area contributed by atoms with Crippen molar-refractivity contribution in [1.29, 1.82) is 0 Å². The number of likely N-dealkylation sites (tertiary alicyclic amines) is 2. The molecule has 0 bridgehead atoms. The molecule has 0 spiro atoms. The van der Waals surface area contributed by atoms with E-state index in [0.717, 1.165) is 50.0 Å². The van der Waals surface area contributed by atoms with Gasteiger partial charge in [0.05, 0.1) is 6.54 Å². The van der Waals surface area contributed by atoms with Gasteiger partial charge in [-0.3, -0.25) is 9.80 Å². The van der Waals surface area contributed by atoms with Gasteiger partial charge in [-0.2, -0.15) is 5.10 Å². The zero-order valence-electron chi connectivity index (χ0n) is 21.6. The molecule has 3 aromatic rings. The zero-order chi connectivity index (χ0) is 26.4. The maximum absolute atomic E-state index is 14.7. The monoisotopic (exact) mass is 526 g/mol. The standard InChI is InChI=1S/C28H36F2N6O2/c29-22-3-8-26(27(30)17-22)28(37,19-36-21-31-20-32-36)18-35-13-9-24(10-14-35)33-23-4-6-25(7-5-23)38-16-15-34-11-1-2-12-34/h3-8,17,20-21,24,33,37H,1-2,9-16,18-19H2. The van der Waals surface area contributed by atoms with E-state index in [0.29, 0.717) is 12.6 Å². The van der Waals surface area contributed by atoms with Crippen molar-refractivity contribution in [2.24, 2.45) is 0 Å². The smallest absolute Gasteiger partial charge is 0.137 e. The zero-order valence-corrected chi connectivity index (χ0v) is 21.6. The molecule has 2 aromatic carbocycles. The van der Waals surface area contributed by atoms with Gasteiger partial charge >= 0.3 is 0 Å². The molecule has 2 N–H and O–H groups in total. The van der Waals surface area contributed by atoms with E-state index in [1.54, 1.807) is 0 Å². The van der Waals surface area contributed by atoms with Crippen molar-refractivity contribution in [2.45, 2.75) is 43.9 Å². The number of hydrogen-bond donors (Lipinski definition) is 2. The molecule has 8 nitrogen and oxygen atoms in total. The van der Waals surface area contributed by atoms with Crippen molar-refractivity contribution in [2.75, 3.05) is 51.2 Å². The Labute approximate surface area is 222 Å². The third-order valence-electron chi connectivity index (χ3n) is 7.50. The first-order chi connectivity index (χ1) is 18.5. The van der Waals surface area contributed by atoms with Gasteiger partial charge in [-0.25, -0.2) is 18.4 Å². The summed E-state index contributed by atoms with van der Waals surface area (Å²) in [6, 6.07) is 11.7. The van der Waals surface area contributed by atoms with Crippen LogP contribution in [0.2, 0.25) is 0 Å².